The Balaban J connectivity index is 1.92. The topological polar surface area (TPSA) is 32.3 Å². The lowest BCUT2D eigenvalue weighted by Gasteiger charge is -2.27. The normalized spacial score (nSPS) is 19.6. The first kappa shape index (κ1) is 13.1. The molecule has 0 aromatic heterocycles. The number of benzene rings is 1. The van der Waals surface area contributed by atoms with Crippen LogP contribution >= 0.6 is 0 Å². The van der Waals surface area contributed by atoms with E-state index >= 15 is 0 Å². The van der Waals surface area contributed by atoms with E-state index in [-0.39, 0.29) is 11.9 Å². The highest BCUT2D eigenvalue weighted by molar-refractivity contribution is 5.81. The number of piperidine rings is 1. The standard InChI is InChI=1S/C15H22N2O/c1-12-6-8-13(9-7-12)11-17(2)15(18)14-5-3-4-10-16-14/h6-9,14,16H,3-5,10-11H2,1-2H3/t14-/m0/s1. The van der Waals surface area contributed by atoms with Gasteiger partial charge >= 0.3 is 0 Å². The van der Waals surface area contributed by atoms with Crippen LogP contribution in [0.2, 0.25) is 0 Å². The molecule has 1 aromatic rings. The quantitative estimate of drug-likeness (QED) is 0.885. The highest BCUT2D eigenvalue weighted by atomic mass is 16.2. The van der Waals surface area contributed by atoms with Gasteiger partial charge in [0, 0.05) is 13.6 Å². The summed E-state index contributed by atoms with van der Waals surface area (Å²) in [6, 6.07) is 8.38. The zero-order chi connectivity index (χ0) is 13.0. The monoisotopic (exact) mass is 246 g/mol. The van der Waals surface area contributed by atoms with E-state index in [9.17, 15) is 4.79 Å². The molecule has 1 atom stereocenters. The Bertz CT molecular complexity index is 393. The zero-order valence-corrected chi connectivity index (χ0v) is 11.3. The van der Waals surface area contributed by atoms with Crippen LogP contribution in [0.25, 0.3) is 0 Å². The van der Waals surface area contributed by atoms with Gasteiger partial charge in [0.2, 0.25) is 5.91 Å². The van der Waals surface area contributed by atoms with Crippen molar-refractivity contribution < 1.29 is 4.79 Å². The lowest BCUT2D eigenvalue weighted by Crippen LogP contribution is -2.46. The smallest absolute Gasteiger partial charge is 0.239 e. The summed E-state index contributed by atoms with van der Waals surface area (Å²) in [5.41, 5.74) is 2.44. The molecule has 1 aliphatic rings. The van der Waals surface area contributed by atoms with E-state index < -0.39 is 0 Å². The minimum atomic E-state index is 0.0224. The molecule has 0 saturated carbocycles. The van der Waals surface area contributed by atoms with Crippen LogP contribution in [0, 0.1) is 6.92 Å². The molecular formula is C15H22N2O. The van der Waals surface area contributed by atoms with Crippen LogP contribution in [0.1, 0.15) is 30.4 Å². The third-order valence-electron chi connectivity index (χ3n) is 3.52. The zero-order valence-electron chi connectivity index (χ0n) is 11.3. The lowest BCUT2D eigenvalue weighted by molar-refractivity contribution is -0.133. The van der Waals surface area contributed by atoms with Gasteiger partial charge in [-0.05, 0) is 31.9 Å². The second-order valence-electron chi connectivity index (χ2n) is 5.18. The summed E-state index contributed by atoms with van der Waals surface area (Å²) in [4.78, 5) is 14.1. The summed E-state index contributed by atoms with van der Waals surface area (Å²) in [5, 5.41) is 3.30. The van der Waals surface area contributed by atoms with Crippen LogP contribution in [-0.2, 0) is 11.3 Å². The van der Waals surface area contributed by atoms with Gasteiger partial charge < -0.3 is 10.2 Å². The van der Waals surface area contributed by atoms with Gasteiger partial charge in [-0.15, -0.1) is 0 Å². The van der Waals surface area contributed by atoms with Crippen molar-refractivity contribution in [3.8, 4) is 0 Å². The first-order valence-electron chi connectivity index (χ1n) is 6.71. The molecule has 1 saturated heterocycles. The fourth-order valence-electron chi connectivity index (χ4n) is 2.37. The van der Waals surface area contributed by atoms with Crippen LogP contribution in [0.4, 0.5) is 0 Å². The van der Waals surface area contributed by atoms with Crippen molar-refractivity contribution in [2.75, 3.05) is 13.6 Å². The summed E-state index contributed by atoms with van der Waals surface area (Å²) >= 11 is 0. The van der Waals surface area contributed by atoms with Gasteiger partial charge in [0.25, 0.3) is 0 Å². The average Bonchev–Trinajstić information content (AvgIpc) is 2.41. The number of rotatable bonds is 3. The predicted molar refractivity (Wildman–Crippen MR) is 73.3 cm³/mol. The molecule has 2 rings (SSSR count). The fraction of sp³-hybridized carbons (Fsp3) is 0.533. The molecule has 0 spiro atoms. The molecule has 3 nitrogen and oxygen atoms in total. The SMILES string of the molecule is Cc1ccc(CN(C)C(=O)[C@@H]2CCCCN2)cc1. The molecule has 1 fully saturated rings. The van der Waals surface area contributed by atoms with Crippen molar-refractivity contribution in [2.24, 2.45) is 0 Å². The van der Waals surface area contributed by atoms with Crippen LogP contribution in [-0.4, -0.2) is 30.4 Å². The maximum atomic E-state index is 12.2. The molecule has 0 unspecified atom stereocenters. The van der Waals surface area contributed by atoms with Gasteiger partial charge in [-0.3, -0.25) is 4.79 Å². The number of amides is 1. The molecule has 3 heteroatoms. The van der Waals surface area contributed by atoms with E-state index in [1.165, 1.54) is 17.5 Å². The summed E-state index contributed by atoms with van der Waals surface area (Å²) in [6.07, 6.45) is 3.31. The number of carbonyl (C=O) groups excluding carboxylic acids is 1. The van der Waals surface area contributed by atoms with Gasteiger partial charge in [0.15, 0.2) is 0 Å². The van der Waals surface area contributed by atoms with E-state index in [1.54, 1.807) is 0 Å². The van der Waals surface area contributed by atoms with E-state index in [1.807, 2.05) is 11.9 Å². The molecule has 1 N–H and O–H groups in total. The van der Waals surface area contributed by atoms with Crippen molar-refractivity contribution in [1.29, 1.82) is 0 Å². The van der Waals surface area contributed by atoms with Crippen LogP contribution < -0.4 is 5.32 Å². The van der Waals surface area contributed by atoms with E-state index in [0.29, 0.717) is 6.54 Å². The fourth-order valence-corrected chi connectivity index (χ4v) is 2.37. The first-order chi connectivity index (χ1) is 8.66. The Morgan fingerprint density at radius 3 is 2.67 bits per heavy atom. The molecule has 0 aliphatic carbocycles. The van der Waals surface area contributed by atoms with Gasteiger partial charge in [0.05, 0.1) is 6.04 Å². The molecular weight excluding hydrogens is 224 g/mol. The first-order valence-corrected chi connectivity index (χ1v) is 6.71. The molecule has 0 bridgehead atoms. The van der Waals surface area contributed by atoms with Gasteiger partial charge in [-0.1, -0.05) is 36.2 Å². The molecule has 1 aliphatic heterocycles. The van der Waals surface area contributed by atoms with Crippen molar-refractivity contribution in [3.05, 3.63) is 35.4 Å². The number of hydrogen-bond acceptors (Lipinski definition) is 2. The summed E-state index contributed by atoms with van der Waals surface area (Å²) in [6.45, 7) is 3.73. The van der Waals surface area contributed by atoms with Crippen molar-refractivity contribution in [2.45, 2.75) is 38.8 Å². The molecule has 1 amide bonds. The second-order valence-corrected chi connectivity index (χ2v) is 5.18. The molecule has 98 valence electrons. The summed E-state index contributed by atoms with van der Waals surface area (Å²) < 4.78 is 0. The number of likely N-dealkylation sites (N-methyl/N-ethyl adjacent to an activating group) is 1. The third kappa shape index (κ3) is 3.33. The summed E-state index contributed by atoms with van der Waals surface area (Å²) in [5.74, 6) is 0.218. The Morgan fingerprint density at radius 2 is 2.06 bits per heavy atom. The van der Waals surface area contributed by atoms with Gasteiger partial charge in [0.1, 0.15) is 0 Å². The van der Waals surface area contributed by atoms with Gasteiger partial charge in [-0.25, -0.2) is 0 Å². The van der Waals surface area contributed by atoms with Crippen LogP contribution in [0.3, 0.4) is 0 Å². The van der Waals surface area contributed by atoms with E-state index in [0.717, 1.165) is 19.4 Å². The van der Waals surface area contributed by atoms with Crippen molar-refractivity contribution in [1.82, 2.24) is 10.2 Å². The predicted octanol–water partition coefficient (Wildman–Crippen LogP) is 2.10. The Hall–Kier alpha value is -1.35. The molecule has 0 radical (unpaired) electrons. The second kappa shape index (κ2) is 6.01. The van der Waals surface area contributed by atoms with Crippen molar-refractivity contribution in [3.63, 3.8) is 0 Å². The Kier molecular flexibility index (Phi) is 4.37. The Morgan fingerprint density at radius 1 is 1.33 bits per heavy atom. The van der Waals surface area contributed by atoms with Crippen molar-refractivity contribution >= 4 is 5.91 Å². The maximum absolute atomic E-state index is 12.2. The van der Waals surface area contributed by atoms with Crippen LogP contribution in [0.15, 0.2) is 24.3 Å². The van der Waals surface area contributed by atoms with E-state index in [4.69, 9.17) is 0 Å². The van der Waals surface area contributed by atoms with Gasteiger partial charge in [-0.2, -0.15) is 0 Å². The number of hydrogen-bond donors (Lipinski definition) is 1. The number of carbonyl (C=O) groups is 1. The largest absolute Gasteiger partial charge is 0.340 e. The maximum Gasteiger partial charge on any atom is 0.239 e. The number of nitrogens with one attached hydrogen (secondary N) is 1. The minimum absolute atomic E-state index is 0.0224. The van der Waals surface area contributed by atoms with Crippen LogP contribution in [0.5, 0.6) is 0 Å². The summed E-state index contributed by atoms with van der Waals surface area (Å²) in [7, 11) is 1.89. The third-order valence-corrected chi connectivity index (χ3v) is 3.52. The average molecular weight is 246 g/mol. The number of nitrogens with zero attached hydrogens (tertiary/aromatic N) is 1. The van der Waals surface area contributed by atoms with E-state index in [2.05, 4.69) is 36.5 Å². The molecule has 18 heavy (non-hydrogen) atoms. The highest BCUT2D eigenvalue weighted by Gasteiger charge is 2.23. The number of aryl methyl sites for hydroxylation is 1. The molecule has 1 aromatic carbocycles. The molecule has 1 heterocycles. The lowest BCUT2D eigenvalue weighted by atomic mass is 10.0. The minimum Gasteiger partial charge on any atom is -0.340 e. The Labute approximate surface area is 109 Å². The highest BCUT2D eigenvalue weighted by Crippen LogP contribution is 2.11.